The van der Waals surface area contributed by atoms with Gasteiger partial charge in [0.05, 0.1) is 12.6 Å². The van der Waals surface area contributed by atoms with Crippen LogP contribution in [-0.4, -0.2) is 45.3 Å². The fourth-order valence-corrected chi connectivity index (χ4v) is 2.66. The molecule has 1 unspecified atom stereocenters. The summed E-state index contributed by atoms with van der Waals surface area (Å²) in [5.74, 6) is -0.178. The first-order chi connectivity index (χ1) is 7.72. The number of likely N-dealkylation sites (tertiary alicyclic amines) is 1. The number of piperidine rings is 1. The highest BCUT2D eigenvalue weighted by Gasteiger charge is 2.28. The number of carbonyl (C=O) groups is 1. The van der Waals surface area contributed by atoms with Crippen molar-refractivity contribution in [1.29, 1.82) is 0 Å². The van der Waals surface area contributed by atoms with Crippen molar-refractivity contribution in [2.75, 3.05) is 13.2 Å². The molecule has 0 bridgehead atoms. The van der Waals surface area contributed by atoms with Crippen LogP contribution in [0.3, 0.4) is 0 Å². The molecular weight excluding hydrogens is 250 g/mol. The predicted octanol–water partition coefficient (Wildman–Crippen LogP) is 1.18. The molecule has 0 radical (unpaired) electrons. The molecule has 2 heterocycles. The molecule has 1 fully saturated rings. The summed E-state index contributed by atoms with van der Waals surface area (Å²) in [6.45, 7) is 0.666. The van der Waals surface area contributed by atoms with E-state index in [0.29, 0.717) is 11.6 Å². The van der Waals surface area contributed by atoms with Crippen LogP contribution in [0.25, 0.3) is 0 Å². The molecule has 1 aliphatic rings. The SMILES string of the molecule is O=C(c1nnc(Cl)s1)N1CCCCC1CO. The molecule has 1 aliphatic heterocycles. The molecule has 1 aromatic rings. The topological polar surface area (TPSA) is 66.3 Å². The van der Waals surface area contributed by atoms with E-state index in [4.69, 9.17) is 11.6 Å². The average Bonchev–Trinajstić information content (AvgIpc) is 2.75. The van der Waals surface area contributed by atoms with Gasteiger partial charge < -0.3 is 10.0 Å². The number of hydrogen-bond donors (Lipinski definition) is 1. The minimum atomic E-state index is -0.178. The van der Waals surface area contributed by atoms with Gasteiger partial charge in [-0.15, -0.1) is 10.2 Å². The Hall–Kier alpha value is -0.720. The van der Waals surface area contributed by atoms with Gasteiger partial charge in [-0.3, -0.25) is 4.79 Å². The maximum absolute atomic E-state index is 12.0. The van der Waals surface area contributed by atoms with Gasteiger partial charge in [0.1, 0.15) is 0 Å². The maximum atomic E-state index is 12.0. The van der Waals surface area contributed by atoms with Gasteiger partial charge in [-0.25, -0.2) is 0 Å². The molecule has 0 aliphatic carbocycles. The monoisotopic (exact) mass is 261 g/mol. The van der Waals surface area contributed by atoms with Crippen molar-refractivity contribution in [3.8, 4) is 0 Å². The summed E-state index contributed by atoms with van der Waals surface area (Å²) in [5.41, 5.74) is 0. The molecule has 1 N–H and O–H groups in total. The molecule has 1 atom stereocenters. The van der Waals surface area contributed by atoms with Crippen LogP contribution in [0.2, 0.25) is 4.47 Å². The zero-order valence-electron chi connectivity index (χ0n) is 8.60. The van der Waals surface area contributed by atoms with Crippen LogP contribution >= 0.6 is 22.9 Å². The van der Waals surface area contributed by atoms with E-state index < -0.39 is 0 Å². The largest absolute Gasteiger partial charge is 0.394 e. The molecule has 2 rings (SSSR count). The lowest BCUT2D eigenvalue weighted by Gasteiger charge is -2.33. The number of carbonyl (C=O) groups excluding carboxylic acids is 1. The van der Waals surface area contributed by atoms with Gasteiger partial charge >= 0.3 is 0 Å². The van der Waals surface area contributed by atoms with Crippen LogP contribution in [-0.2, 0) is 0 Å². The molecule has 0 aromatic carbocycles. The summed E-state index contributed by atoms with van der Waals surface area (Å²) in [6.07, 6.45) is 2.86. The van der Waals surface area contributed by atoms with Crippen molar-refractivity contribution in [3.63, 3.8) is 0 Å². The van der Waals surface area contributed by atoms with Gasteiger partial charge in [0.2, 0.25) is 9.47 Å². The highest BCUT2D eigenvalue weighted by atomic mass is 35.5. The molecule has 1 aromatic heterocycles. The molecule has 0 spiro atoms. The van der Waals surface area contributed by atoms with E-state index in [0.717, 1.165) is 30.6 Å². The van der Waals surface area contributed by atoms with Gasteiger partial charge in [0, 0.05) is 6.54 Å². The molecule has 5 nitrogen and oxygen atoms in total. The van der Waals surface area contributed by atoms with Gasteiger partial charge in [-0.05, 0) is 30.9 Å². The summed E-state index contributed by atoms with van der Waals surface area (Å²) in [5, 5.41) is 16.8. The van der Waals surface area contributed by atoms with Crippen molar-refractivity contribution >= 4 is 28.8 Å². The van der Waals surface area contributed by atoms with Crippen molar-refractivity contribution in [2.24, 2.45) is 0 Å². The van der Waals surface area contributed by atoms with Gasteiger partial charge in [-0.1, -0.05) is 11.3 Å². The van der Waals surface area contributed by atoms with Crippen LogP contribution in [0.1, 0.15) is 29.1 Å². The maximum Gasteiger partial charge on any atom is 0.285 e. The third-order valence-corrected chi connectivity index (χ3v) is 3.69. The van der Waals surface area contributed by atoms with E-state index in [1.165, 1.54) is 0 Å². The van der Waals surface area contributed by atoms with Gasteiger partial charge in [0.15, 0.2) is 0 Å². The summed E-state index contributed by atoms with van der Waals surface area (Å²) in [4.78, 5) is 13.7. The van der Waals surface area contributed by atoms with E-state index in [9.17, 15) is 9.90 Å². The van der Waals surface area contributed by atoms with Crippen LogP contribution in [0.4, 0.5) is 0 Å². The second-order valence-electron chi connectivity index (χ2n) is 3.69. The van der Waals surface area contributed by atoms with Gasteiger partial charge in [-0.2, -0.15) is 0 Å². The summed E-state index contributed by atoms with van der Waals surface area (Å²) in [7, 11) is 0. The van der Waals surface area contributed by atoms with E-state index in [2.05, 4.69) is 10.2 Å². The molecule has 7 heteroatoms. The van der Waals surface area contributed by atoms with E-state index in [1.807, 2.05) is 0 Å². The standard InChI is InChI=1S/C9H12ClN3O2S/c10-9-12-11-7(16-9)8(15)13-4-2-1-3-6(13)5-14/h6,14H,1-5H2. The van der Waals surface area contributed by atoms with Crippen LogP contribution in [0.5, 0.6) is 0 Å². The zero-order chi connectivity index (χ0) is 11.5. The highest BCUT2D eigenvalue weighted by Crippen LogP contribution is 2.22. The number of amides is 1. The Morgan fingerprint density at radius 2 is 2.38 bits per heavy atom. The second kappa shape index (κ2) is 5.07. The number of halogens is 1. The Bertz CT molecular complexity index is 385. The van der Waals surface area contributed by atoms with Crippen molar-refractivity contribution in [3.05, 3.63) is 9.47 Å². The number of rotatable bonds is 2. The Balaban J connectivity index is 2.13. The molecular formula is C9H12ClN3O2S. The number of aromatic nitrogens is 2. The number of nitrogens with zero attached hydrogens (tertiary/aromatic N) is 3. The van der Waals surface area contributed by atoms with E-state index >= 15 is 0 Å². The van der Waals surface area contributed by atoms with Gasteiger partial charge in [0.25, 0.3) is 5.91 Å². The van der Waals surface area contributed by atoms with Crippen molar-refractivity contribution in [2.45, 2.75) is 25.3 Å². The van der Waals surface area contributed by atoms with Crippen molar-refractivity contribution < 1.29 is 9.90 Å². The fourth-order valence-electron chi connectivity index (χ4n) is 1.87. The minimum Gasteiger partial charge on any atom is -0.394 e. The average molecular weight is 262 g/mol. The van der Waals surface area contributed by atoms with E-state index in [1.54, 1.807) is 4.90 Å². The summed E-state index contributed by atoms with van der Waals surface area (Å²) >= 11 is 6.71. The first-order valence-corrected chi connectivity index (χ1v) is 6.32. The lowest BCUT2D eigenvalue weighted by molar-refractivity contribution is 0.0502. The molecule has 0 saturated carbocycles. The first kappa shape index (κ1) is 11.8. The molecule has 1 amide bonds. The van der Waals surface area contributed by atoms with Crippen LogP contribution in [0, 0.1) is 0 Å². The fraction of sp³-hybridized carbons (Fsp3) is 0.667. The molecule has 88 valence electrons. The first-order valence-electron chi connectivity index (χ1n) is 5.13. The van der Waals surface area contributed by atoms with Crippen molar-refractivity contribution in [1.82, 2.24) is 15.1 Å². The minimum absolute atomic E-state index is 0.00171. The van der Waals surface area contributed by atoms with E-state index in [-0.39, 0.29) is 23.0 Å². The number of hydrogen-bond acceptors (Lipinski definition) is 5. The predicted molar refractivity (Wildman–Crippen MR) is 60.7 cm³/mol. The smallest absolute Gasteiger partial charge is 0.285 e. The molecule has 1 saturated heterocycles. The number of aliphatic hydroxyl groups excluding tert-OH is 1. The number of aliphatic hydroxyl groups is 1. The Morgan fingerprint density at radius 3 is 3.00 bits per heavy atom. The Kier molecular flexibility index (Phi) is 3.73. The second-order valence-corrected chi connectivity index (χ2v) is 5.25. The quantitative estimate of drug-likeness (QED) is 0.868. The molecule has 16 heavy (non-hydrogen) atoms. The Morgan fingerprint density at radius 1 is 1.56 bits per heavy atom. The summed E-state index contributed by atoms with van der Waals surface area (Å²) < 4.78 is 0.265. The normalized spacial score (nSPS) is 21.1. The zero-order valence-corrected chi connectivity index (χ0v) is 10.2. The van der Waals surface area contributed by atoms with Crippen LogP contribution in [0.15, 0.2) is 0 Å². The third-order valence-electron chi connectivity index (χ3n) is 2.68. The highest BCUT2D eigenvalue weighted by molar-refractivity contribution is 7.17. The lowest BCUT2D eigenvalue weighted by atomic mass is 10.0. The summed E-state index contributed by atoms with van der Waals surface area (Å²) in [6, 6.07) is -0.0936. The Labute approximate surface area is 102 Å². The third kappa shape index (κ3) is 2.34. The van der Waals surface area contributed by atoms with Crippen LogP contribution < -0.4 is 0 Å². The lowest BCUT2D eigenvalue weighted by Crippen LogP contribution is -2.45.